The SMILES string of the molecule is CC(C)C1CCCN(C(=O)C2CC3CCC2N3)CC1. The smallest absolute Gasteiger partial charge is 0.227 e. The van der Waals surface area contributed by atoms with Gasteiger partial charge >= 0.3 is 0 Å². The highest BCUT2D eigenvalue weighted by atomic mass is 16.2. The first-order valence-corrected chi connectivity index (χ1v) is 8.20. The zero-order chi connectivity index (χ0) is 13.4. The molecule has 0 aromatic carbocycles. The summed E-state index contributed by atoms with van der Waals surface area (Å²) in [5.74, 6) is 2.31. The van der Waals surface area contributed by atoms with Crippen LogP contribution in [0.5, 0.6) is 0 Å². The van der Waals surface area contributed by atoms with E-state index in [0.717, 1.165) is 31.3 Å². The molecular formula is C16H28N2O. The molecular weight excluding hydrogens is 236 g/mol. The molecule has 0 radical (unpaired) electrons. The number of carbonyl (C=O) groups excluding carboxylic acids is 1. The van der Waals surface area contributed by atoms with E-state index < -0.39 is 0 Å². The van der Waals surface area contributed by atoms with Crippen molar-refractivity contribution in [3.05, 3.63) is 0 Å². The second-order valence-corrected chi connectivity index (χ2v) is 7.15. The second kappa shape index (κ2) is 5.43. The Hall–Kier alpha value is -0.570. The van der Waals surface area contributed by atoms with E-state index in [0.29, 0.717) is 18.0 Å². The molecule has 1 N–H and O–H groups in total. The lowest BCUT2D eigenvalue weighted by Gasteiger charge is -2.28. The lowest BCUT2D eigenvalue weighted by Crippen LogP contribution is -2.41. The van der Waals surface area contributed by atoms with E-state index in [4.69, 9.17) is 0 Å². The maximum atomic E-state index is 12.7. The van der Waals surface area contributed by atoms with Crippen LogP contribution >= 0.6 is 0 Å². The largest absolute Gasteiger partial charge is 0.342 e. The topological polar surface area (TPSA) is 32.3 Å². The molecule has 108 valence electrons. The molecule has 3 nitrogen and oxygen atoms in total. The van der Waals surface area contributed by atoms with Crippen molar-refractivity contribution < 1.29 is 4.79 Å². The maximum Gasteiger partial charge on any atom is 0.227 e. The summed E-state index contributed by atoms with van der Waals surface area (Å²) >= 11 is 0. The Labute approximate surface area is 117 Å². The number of hydrogen-bond donors (Lipinski definition) is 1. The molecule has 0 aliphatic carbocycles. The first-order chi connectivity index (χ1) is 9.15. The molecule has 3 fully saturated rings. The van der Waals surface area contributed by atoms with Crippen molar-refractivity contribution in [3.8, 4) is 0 Å². The summed E-state index contributed by atoms with van der Waals surface area (Å²) in [7, 11) is 0. The van der Waals surface area contributed by atoms with Crippen LogP contribution in [0.15, 0.2) is 0 Å². The summed E-state index contributed by atoms with van der Waals surface area (Å²) in [6.45, 7) is 6.63. The molecule has 2 bridgehead atoms. The molecule has 0 spiro atoms. The lowest BCUT2D eigenvalue weighted by molar-refractivity contribution is -0.136. The Morgan fingerprint density at radius 3 is 2.63 bits per heavy atom. The molecule has 3 rings (SSSR count). The fourth-order valence-electron chi connectivity index (χ4n) is 4.34. The minimum atomic E-state index is 0.286. The molecule has 0 saturated carbocycles. The van der Waals surface area contributed by atoms with Crippen LogP contribution in [0.1, 0.15) is 52.4 Å². The Bertz CT molecular complexity index is 342. The van der Waals surface area contributed by atoms with Gasteiger partial charge in [0, 0.05) is 25.2 Å². The number of fused-ring (bicyclic) bond motifs is 2. The van der Waals surface area contributed by atoms with Crippen molar-refractivity contribution in [1.82, 2.24) is 10.2 Å². The van der Waals surface area contributed by atoms with Crippen LogP contribution in [0.2, 0.25) is 0 Å². The van der Waals surface area contributed by atoms with Gasteiger partial charge in [-0.05, 0) is 50.4 Å². The zero-order valence-electron chi connectivity index (χ0n) is 12.4. The quantitative estimate of drug-likeness (QED) is 0.830. The standard InChI is InChI=1S/C16H28N2O/c1-11(2)12-4-3-8-18(9-7-12)16(19)14-10-13-5-6-15(14)17-13/h11-15,17H,3-10H2,1-2H3. The fraction of sp³-hybridized carbons (Fsp3) is 0.938. The van der Waals surface area contributed by atoms with Gasteiger partial charge in [0.25, 0.3) is 0 Å². The molecule has 1 amide bonds. The maximum absolute atomic E-state index is 12.7. The fourth-order valence-corrected chi connectivity index (χ4v) is 4.34. The summed E-state index contributed by atoms with van der Waals surface area (Å²) < 4.78 is 0. The van der Waals surface area contributed by atoms with E-state index in [2.05, 4.69) is 24.1 Å². The first-order valence-electron chi connectivity index (χ1n) is 8.20. The molecule has 3 saturated heterocycles. The number of amides is 1. The van der Waals surface area contributed by atoms with Crippen LogP contribution in [0, 0.1) is 17.8 Å². The van der Waals surface area contributed by atoms with Crippen molar-refractivity contribution in [2.24, 2.45) is 17.8 Å². The van der Waals surface area contributed by atoms with Crippen LogP contribution in [0.4, 0.5) is 0 Å². The number of nitrogens with zero attached hydrogens (tertiary/aromatic N) is 1. The molecule has 0 aromatic heterocycles. The van der Waals surface area contributed by atoms with Gasteiger partial charge < -0.3 is 10.2 Å². The second-order valence-electron chi connectivity index (χ2n) is 7.15. The van der Waals surface area contributed by atoms with Crippen LogP contribution in [0.3, 0.4) is 0 Å². The van der Waals surface area contributed by atoms with Gasteiger partial charge in [0.2, 0.25) is 5.91 Å². The first kappa shape index (κ1) is 13.4. The Morgan fingerprint density at radius 2 is 2.00 bits per heavy atom. The van der Waals surface area contributed by atoms with Gasteiger partial charge in [-0.3, -0.25) is 4.79 Å². The average molecular weight is 264 g/mol. The Balaban J connectivity index is 1.58. The minimum absolute atomic E-state index is 0.286. The van der Waals surface area contributed by atoms with Gasteiger partial charge in [-0.25, -0.2) is 0 Å². The van der Waals surface area contributed by atoms with Crippen LogP contribution in [-0.4, -0.2) is 36.0 Å². The monoisotopic (exact) mass is 264 g/mol. The zero-order valence-corrected chi connectivity index (χ0v) is 12.4. The van der Waals surface area contributed by atoms with E-state index in [9.17, 15) is 4.79 Å². The third kappa shape index (κ3) is 2.67. The van der Waals surface area contributed by atoms with E-state index >= 15 is 0 Å². The van der Waals surface area contributed by atoms with E-state index in [1.165, 1.54) is 32.1 Å². The number of rotatable bonds is 2. The normalized spacial score (nSPS) is 38.8. The molecule has 3 heteroatoms. The lowest BCUT2D eigenvalue weighted by atomic mass is 9.88. The highest BCUT2D eigenvalue weighted by molar-refractivity contribution is 5.80. The summed E-state index contributed by atoms with van der Waals surface area (Å²) in [5.41, 5.74) is 0. The number of likely N-dealkylation sites (tertiary alicyclic amines) is 1. The van der Waals surface area contributed by atoms with Gasteiger partial charge in [0.1, 0.15) is 0 Å². The molecule has 4 atom stereocenters. The van der Waals surface area contributed by atoms with Crippen molar-refractivity contribution in [3.63, 3.8) is 0 Å². The van der Waals surface area contributed by atoms with Gasteiger partial charge in [0.15, 0.2) is 0 Å². The van der Waals surface area contributed by atoms with Crippen molar-refractivity contribution in [1.29, 1.82) is 0 Å². The number of carbonyl (C=O) groups is 1. The van der Waals surface area contributed by atoms with Crippen LogP contribution in [-0.2, 0) is 4.79 Å². The molecule has 3 aliphatic heterocycles. The molecule has 19 heavy (non-hydrogen) atoms. The van der Waals surface area contributed by atoms with Crippen LogP contribution < -0.4 is 5.32 Å². The van der Waals surface area contributed by atoms with E-state index in [-0.39, 0.29) is 5.92 Å². The van der Waals surface area contributed by atoms with E-state index in [1.807, 2.05) is 0 Å². The molecule has 0 aromatic rings. The third-order valence-corrected chi connectivity index (χ3v) is 5.64. The summed E-state index contributed by atoms with van der Waals surface area (Å²) in [4.78, 5) is 14.9. The van der Waals surface area contributed by atoms with Gasteiger partial charge in [-0.2, -0.15) is 0 Å². The molecule has 4 unspecified atom stereocenters. The summed E-state index contributed by atoms with van der Waals surface area (Å²) in [5, 5.41) is 3.59. The van der Waals surface area contributed by atoms with Crippen molar-refractivity contribution in [2.45, 2.75) is 64.5 Å². The highest BCUT2D eigenvalue weighted by Crippen LogP contribution is 2.35. The summed E-state index contributed by atoms with van der Waals surface area (Å²) in [6.07, 6.45) is 7.29. The Kier molecular flexibility index (Phi) is 3.84. The van der Waals surface area contributed by atoms with Gasteiger partial charge in [-0.1, -0.05) is 13.8 Å². The van der Waals surface area contributed by atoms with Crippen molar-refractivity contribution >= 4 is 5.91 Å². The third-order valence-electron chi connectivity index (χ3n) is 5.64. The highest BCUT2D eigenvalue weighted by Gasteiger charge is 2.44. The molecule has 3 heterocycles. The van der Waals surface area contributed by atoms with Gasteiger partial charge in [-0.15, -0.1) is 0 Å². The number of nitrogens with one attached hydrogen (secondary N) is 1. The number of hydrogen-bond acceptors (Lipinski definition) is 2. The van der Waals surface area contributed by atoms with E-state index in [1.54, 1.807) is 0 Å². The minimum Gasteiger partial charge on any atom is -0.342 e. The average Bonchev–Trinajstić information content (AvgIpc) is 2.92. The van der Waals surface area contributed by atoms with Crippen molar-refractivity contribution in [2.75, 3.05) is 13.1 Å². The molecule has 3 aliphatic rings. The van der Waals surface area contributed by atoms with Gasteiger partial charge in [0.05, 0.1) is 5.92 Å². The van der Waals surface area contributed by atoms with Crippen LogP contribution in [0.25, 0.3) is 0 Å². The Morgan fingerprint density at radius 1 is 1.16 bits per heavy atom. The predicted molar refractivity (Wildman–Crippen MR) is 76.8 cm³/mol. The summed E-state index contributed by atoms with van der Waals surface area (Å²) in [6, 6.07) is 1.12. The predicted octanol–water partition coefficient (Wildman–Crippen LogP) is 2.41.